The summed E-state index contributed by atoms with van der Waals surface area (Å²) >= 11 is 0. The fraction of sp³-hybridized carbons (Fsp3) is 0.227. The van der Waals surface area contributed by atoms with Crippen LogP contribution in [0.25, 0.3) is 28.1 Å². The third kappa shape index (κ3) is 3.06. The number of hydrogen-bond donors (Lipinski definition) is 1. The molecule has 148 valence electrons. The molecule has 1 N–H and O–H groups in total. The topological polar surface area (TPSA) is 43.0 Å². The molecule has 7 heteroatoms. The maximum atomic E-state index is 13.6. The first kappa shape index (κ1) is 17.8. The number of hydrogen-bond acceptors (Lipinski definition) is 3. The Labute approximate surface area is 164 Å². The highest BCUT2D eigenvalue weighted by molar-refractivity contribution is 5.83. The third-order valence-electron chi connectivity index (χ3n) is 5.23. The molecule has 4 nitrogen and oxygen atoms in total. The van der Waals surface area contributed by atoms with E-state index >= 15 is 0 Å². The first-order valence-corrected chi connectivity index (χ1v) is 9.54. The number of nitrogens with one attached hydrogen (secondary N) is 1. The average molecular weight is 397 g/mol. The van der Waals surface area contributed by atoms with Crippen molar-refractivity contribution in [2.45, 2.75) is 25.4 Å². The lowest BCUT2D eigenvalue weighted by Crippen LogP contribution is -2.14. The van der Waals surface area contributed by atoms with Crippen LogP contribution >= 0.6 is 0 Å². The van der Waals surface area contributed by atoms with E-state index in [0.717, 1.165) is 41.9 Å². The van der Waals surface area contributed by atoms with Crippen LogP contribution < -0.4 is 5.32 Å². The molecule has 5 rings (SSSR count). The number of anilines is 1. The molecule has 0 spiro atoms. The van der Waals surface area contributed by atoms with Gasteiger partial charge in [0, 0.05) is 17.5 Å². The summed E-state index contributed by atoms with van der Waals surface area (Å²) in [6.45, 7) is 0.687. The van der Waals surface area contributed by atoms with Gasteiger partial charge in [-0.1, -0.05) is 30.3 Å². The lowest BCUT2D eigenvalue weighted by atomic mass is 10.1. The molecule has 29 heavy (non-hydrogen) atoms. The van der Waals surface area contributed by atoms with Crippen molar-refractivity contribution in [2.75, 3.05) is 11.9 Å². The zero-order valence-corrected chi connectivity index (χ0v) is 15.5. The molecule has 0 atom stereocenters. The van der Waals surface area contributed by atoms with Crippen molar-refractivity contribution in [1.29, 1.82) is 0 Å². The van der Waals surface area contributed by atoms with E-state index in [0.29, 0.717) is 23.8 Å². The summed E-state index contributed by atoms with van der Waals surface area (Å²) in [4.78, 5) is 0. The zero-order chi connectivity index (χ0) is 20.0. The fourth-order valence-corrected chi connectivity index (χ4v) is 3.87. The second-order valence-electron chi connectivity index (χ2n) is 7.13. The Morgan fingerprint density at radius 3 is 2.62 bits per heavy atom. The predicted molar refractivity (Wildman–Crippen MR) is 105 cm³/mol. The van der Waals surface area contributed by atoms with Gasteiger partial charge in [0.25, 0.3) is 0 Å². The summed E-state index contributed by atoms with van der Waals surface area (Å²) in [5.41, 5.74) is 1.49. The first-order valence-electron chi connectivity index (χ1n) is 9.54. The molecule has 0 aliphatic carbocycles. The summed E-state index contributed by atoms with van der Waals surface area (Å²) < 4.78 is 48.3. The second kappa shape index (κ2) is 6.69. The molecule has 0 saturated carbocycles. The van der Waals surface area contributed by atoms with Crippen LogP contribution in [-0.4, -0.2) is 16.3 Å². The highest BCUT2D eigenvalue weighted by Crippen LogP contribution is 2.39. The van der Waals surface area contributed by atoms with Crippen LogP contribution in [0.4, 0.5) is 19.0 Å². The van der Waals surface area contributed by atoms with Crippen LogP contribution in [0.1, 0.15) is 24.0 Å². The SMILES string of the molecule is FC(F)(F)c1ccccc1-n1nc(-c2cc3ccccc3o2)c2c1NCCCC2. The quantitative estimate of drug-likeness (QED) is 0.448. The highest BCUT2D eigenvalue weighted by atomic mass is 19.4. The maximum absolute atomic E-state index is 13.6. The molecule has 1 aliphatic heterocycles. The Morgan fingerprint density at radius 2 is 1.79 bits per heavy atom. The molecule has 1 aliphatic rings. The van der Waals surface area contributed by atoms with E-state index in [1.165, 1.54) is 16.8 Å². The van der Waals surface area contributed by atoms with E-state index in [1.54, 1.807) is 6.07 Å². The number of nitrogens with zero attached hydrogens (tertiary/aromatic N) is 2. The summed E-state index contributed by atoms with van der Waals surface area (Å²) in [6.07, 6.45) is -1.88. The molecule has 3 heterocycles. The number of aromatic nitrogens is 2. The summed E-state index contributed by atoms with van der Waals surface area (Å²) in [5, 5.41) is 8.82. The largest absolute Gasteiger partial charge is 0.454 e. The molecule has 0 saturated heterocycles. The molecule has 0 fully saturated rings. The molecular weight excluding hydrogens is 379 g/mol. The molecule has 2 aromatic carbocycles. The van der Waals surface area contributed by atoms with Gasteiger partial charge < -0.3 is 9.73 Å². The standard InChI is InChI=1S/C22H18F3N3O/c23-22(24,25)16-9-2-3-10-17(16)28-21-15(8-5-6-12-26-21)20(27-28)19-13-14-7-1-4-11-18(14)29-19/h1-4,7,9-11,13,26H,5-6,8,12H2. The van der Waals surface area contributed by atoms with Crippen LogP contribution in [0.5, 0.6) is 0 Å². The number of benzene rings is 2. The number of para-hydroxylation sites is 2. The smallest absolute Gasteiger partial charge is 0.418 e. The van der Waals surface area contributed by atoms with Crippen molar-refractivity contribution < 1.29 is 17.6 Å². The fourth-order valence-electron chi connectivity index (χ4n) is 3.87. The van der Waals surface area contributed by atoms with Crippen LogP contribution in [0.3, 0.4) is 0 Å². The van der Waals surface area contributed by atoms with Crippen molar-refractivity contribution in [3.8, 4) is 17.1 Å². The zero-order valence-electron chi connectivity index (χ0n) is 15.5. The van der Waals surface area contributed by atoms with E-state index < -0.39 is 11.7 Å². The minimum Gasteiger partial charge on any atom is -0.454 e. The van der Waals surface area contributed by atoms with Crippen LogP contribution in [-0.2, 0) is 12.6 Å². The Balaban J connectivity index is 1.74. The second-order valence-corrected chi connectivity index (χ2v) is 7.13. The van der Waals surface area contributed by atoms with Gasteiger partial charge in [-0.15, -0.1) is 0 Å². The predicted octanol–water partition coefficient (Wildman–Crippen LogP) is 6.05. The maximum Gasteiger partial charge on any atom is 0.418 e. The monoisotopic (exact) mass is 397 g/mol. The number of furan rings is 1. The van der Waals surface area contributed by atoms with E-state index in [-0.39, 0.29) is 5.69 Å². The Morgan fingerprint density at radius 1 is 1.00 bits per heavy atom. The summed E-state index contributed by atoms with van der Waals surface area (Å²) in [5.74, 6) is 1.17. The normalized spacial score (nSPS) is 14.4. The van der Waals surface area contributed by atoms with E-state index in [9.17, 15) is 13.2 Å². The minimum absolute atomic E-state index is 0.00742. The Hall–Kier alpha value is -3.22. The number of alkyl halides is 3. The van der Waals surface area contributed by atoms with Crippen molar-refractivity contribution in [3.05, 3.63) is 65.7 Å². The highest BCUT2D eigenvalue weighted by Gasteiger charge is 2.35. The Kier molecular flexibility index (Phi) is 4.12. The molecule has 0 unspecified atom stereocenters. The lowest BCUT2D eigenvalue weighted by molar-refractivity contribution is -0.137. The number of fused-ring (bicyclic) bond motifs is 2. The van der Waals surface area contributed by atoms with Crippen LogP contribution in [0.2, 0.25) is 0 Å². The van der Waals surface area contributed by atoms with Gasteiger partial charge in [-0.25, -0.2) is 4.68 Å². The summed E-state index contributed by atoms with van der Waals surface area (Å²) in [7, 11) is 0. The van der Waals surface area contributed by atoms with E-state index in [1.807, 2.05) is 30.3 Å². The molecule has 0 bridgehead atoms. The van der Waals surface area contributed by atoms with Crippen LogP contribution in [0, 0.1) is 0 Å². The molecular formula is C22H18F3N3O. The van der Waals surface area contributed by atoms with Gasteiger partial charge in [-0.2, -0.15) is 18.3 Å². The van der Waals surface area contributed by atoms with Gasteiger partial charge in [-0.3, -0.25) is 0 Å². The molecule has 4 aromatic rings. The van der Waals surface area contributed by atoms with Crippen LogP contribution in [0.15, 0.2) is 59.0 Å². The summed E-state index contributed by atoms with van der Waals surface area (Å²) in [6, 6.07) is 15.0. The number of halogens is 3. The van der Waals surface area contributed by atoms with Crippen molar-refractivity contribution in [2.24, 2.45) is 0 Å². The van der Waals surface area contributed by atoms with Gasteiger partial charge in [-0.05, 0) is 43.5 Å². The van der Waals surface area contributed by atoms with E-state index in [2.05, 4.69) is 10.4 Å². The first-order chi connectivity index (χ1) is 14.0. The minimum atomic E-state index is -4.47. The number of rotatable bonds is 2. The lowest BCUT2D eigenvalue weighted by Gasteiger charge is -2.15. The average Bonchev–Trinajstić information content (AvgIpc) is 3.20. The Bertz CT molecular complexity index is 1160. The van der Waals surface area contributed by atoms with Crippen molar-refractivity contribution >= 4 is 16.8 Å². The van der Waals surface area contributed by atoms with Gasteiger partial charge in [0.05, 0.1) is 11.3 Å². The van der Waals surface area contributed by atoms with E-state index in [4.69, 9.17) is 4.42 Å². The van der Waals surface area contributed by atoms with Gasteiger partial charge in [0.15, 0.2) is 5.76 Å². The third-order valence-corrected chi connectivity index (χ3v) is 5.23. The van der Waals surface area contributed by atoms with Gasteiger partial charge in [0.2, 0.25) is 0 Å². The molecule has 2 aromatic heterocycles. The molecule has 0 radical (unpaired) electrons. The van der Waals surface area contributed by atoms with Crippen molar-refractivity contribution in [3.63, 3.8) is 0 Å². The van der Waals surface area contributed by atoms with Gasteiger partial charge >= 0.3 is 6.18 Å². The van der Waals surface area contributed by atoms with Crippen molar-refractivity contribution in [1.82, 2.24) is 9.78 Å². The molecule has 0 amide bonds. The van der Waals surface area contributed by atoms with Gasteiger partial charge in [0.1, 0.15) is 17.1 Å².